The summed E-state index contributed by atoms with van der Waals surface area (Å²) in [4.78, 5) is 29.2. The largest absolute Gasteiger partial charge is 0.503 e. The molecule has 0 aliphatic rings. The molecule has 1 aromatic heterocycles. The van der Waals surface area contributed by atoms with Gasteiger partial charge in [-0.25, -0.2) is 22.5 Å². The van der Waals surface area contributed by atoms with E-state index in [4.69, 9.17) is 9.47 Å². The Balaban J connectivity index is 1.84. The van der Waals surface area contributed by atoms with Crippen molar-refractivity contribution < 1.29 is 41.7 Å². The minimum atomic E-state index is -1.25. The Morgan fingerprint density at radius 2 is 1.50 bits per heavy atom. The van der Waals surface area contributed by atoms with Crippen molar-refractivity contribution in [1.82, 2.24) is 4.98 Å². The number of hydrogen-bond donors (Lipinski definition) is 1. The molecule has 0 bridgehead atoms. The lowest BCUT2D eigenvalue weighted by atomic mass is 9.86. The van der Waals surface area contributed by atoms with E-state index in [1.165, 1.54) is 33.2 Å². The van der Waals surface area contributed by atoms with Crippen LogP contribution in [0.5, 0.6) is 11.5 Å². The Bertz CT molecular complexity index is 1230. The number of hydrogen-bond acceptors (Lipinski definition) is 6. The average Bonchev–Trinajstić information content (AvgIpc) is 2.81. The summed E-state index contributed by atoms with van der Waals surface area (Å²) in [6, 6.07) is 6.68. The van der Waals surface area contributed by atoms with Crippen LogP contribution >= 0.6 is 0 Å². The Kier molecular flexibility index (Phi) is 8.29. The molecule has 1 heterocycles. The first-order chi connectivity index (χ1) is 17.0. The van der Waals surface area contributed by atoms with Crippen LogP contribution in [0.1, 0.15) is 47.8 Å². The topological polar surface area (TPSA) is 85.7 Å². The van der Waals surface area contributed by atoms with Crippen LogP contribution in [0, 0.1) is 29.2 Å². The maximum absolute atomic E-state index is 14.7. The van der Waals surface area contributed by atoms with Crippen molar-refractivity contribution in [1.29, 1.82) is 0 Å². The molecule has 10 heteroatoms. The minimum absolute atomic E-state index is 0.0303. The standard InChI is InChI=1S/C26H23F4NO5/c1-13(10-21(32)24-25(33)22(35-3)8-9-31-24)26(34)36-14(2)23(17-6-4-15(27)11-19(17)29)18-7-5-16(28)12-20(18)30/h4-9,11-14,23,33H,10H2,1-3H3/t13-,14+/m1/s1. The van der Waals surface area contributed by atoms with Gasteiger partial charge in [-0.15, -0.1) is 0 Å². The Labute approximate surface area is 204 Å². The molecule has 2 atom stereocenters. The van der Waals surface area contributed by atoms with Crippen LogP contribution in [0.25, 0.3) is 0 Å². The number of nitrogens with zero attached hydrogens (tertiary/aromatic N) is 1. The average molecular weight is 505 g/mol. The van der Waals surface area contributed by atoms with Crippen LogP contribution in [0.4, 0.5) is 17.6 Å². The van der Waals surface area contributed by atoms with Crippen molar-refractivity contribution in [3.63, 3.8) is 0 Å². The number of aromatic hydroxyl groups is 1. The summed E-state index contributed by atoms with van der Waals surface area (Å²) in [7, 11) is 1.30. The number of methoxy groups -OCH3 is 1. The second kappa shape index (κ2) is 11.2. The van der Waals surface area contributed by atoms with E-state index in [0.717, 1.165) is 24.3 Å². The quantitative estimate of drug-likeness (QED) is 0.241. The van der Waals surface area contributed by atoms with Crippen molar-refractivity contribution in [2.45, 2.75) is 32.3 Å². The number of Topliss-reactive ketones (excluding diaryl/α,β-unsaturated/α-hetero) is 1. The van der Waals surface area contributed by atoms with Crippen molar-refractivity contribution in [3.05, 3.63) is 88.8 Å². The van der Waals surface area contributed by atoms with Crippen LogP contribution in [0.15, 0.2) is 48.7 Å². The summed E-state index contributed by atoms with van der Waals surface area (Å²) < 4.78 is 66.7. The summed E-state index contributed by atoms with van der Waals surface area (Å²) in [5, 5.41) is 10.1. The Morgan fingerprint density at radius 3 is 2.00 bits per heavy atom. The first-order valence-electron chi connectivity index (χ1n) is 10.9. The number of ether oxygens (including phenoxy) is 2. The van der Waals surface area contributed by atoms with E-state index in [0.29, 0.717) is 12.1 Å². The molecule has 36 heavy (non-hydrogen) atoms. The van der Waals surface area contributed by atoms with Crippen molar-refractivity contribution in [2.24, 2.45) is 5.92 Å². The van der Waals surface area contributed by atoms with Crippen LogP contribution < -0.4 is 4.74 Å². The molecule has 0 fully saturated rings. The maximum atomic E-state index is 14.7. The van der Waals surface area contributed by atoms with Crippen LogP contribution in [0.3, 0.4) is 0 Å². The number of aromatic nitrogens is 1. The Hall–Kier alpha value is -3.95. The minimum Gasteiger partial charge on any atom is -0.503 e. The predicted octanol–water partition coefficient (Wildman–Crippen LogP) is 5.32. The maximum Gasteiger partial charge on any atom is 0.309 e. The summed E-state index contributed by atoms with van der Waals surface area (Å²) >= 11 is 0. The van der Waals surface area contributed by atoms with E-state index in [9.17, 15) is 32.3 Å². The van der Waals surface area contributed by atoms with E-state index in [1.807, 2.05) is 0 Å². The lowest BCUT2D eigenvalue weighted by Gasteiger charge is -2.27. The zero-order chi connectivity index (χ0) is 26.6. The molecule has 0 spiro atoms. The Morgan fingerprint density at radius 1 is 0.944 bits per heavy atom. The van der Waals surface area contributed by atoms with Gasteiger partial charge in [0, 0.05) is 30.8 Å². The highest BCUT2D eigenvalue weighted by molar-refractivity contribution is 5.99. The molecule has 1 N–H and O–H groups in total. The number of ketones is 1. The molecule has 0 saturated heterocycles. The predicted molar refractivity (Wildman–Crippen MR) is 121 cm³/mol. The van der Waals surface area contributed by atoms with Crippen molar-refractivity contribution >= 4 is 11.8 Å². The fourth-order valence-electron chi connectivity index (χ4n) is 3.81. The van der Waals surface area contributed by atoms with Gasteiger partial charge >= 0.3 is 5.97 Å². The zero-order valence-electron chi connectivity index (χ0n) is 19.6. The fourth-order valence-corrected chi connectivity index (χ4v) is 3.81. The summed E-state index contributed by atoms with van der Waals surface area (Å²) in [6.07, 6.45) is -0.325. The van der Waals surface area contributed by atoms with E-state index in [2.05, 4.69) is 4.98 Å². The molecule has 0 amide bonds. The van der Waals surface area contributed by atoms with E-state index in [-0.39, 0.29) is 29.0 Å². The third kappa shape index (κ3) is 5.81. The number of carbonyl (C=O) groups excluding carboxylic acids is 2. The number of carbonyl (C=O) groups is 2. The van der Waals surface area contributed by atoms with Gasteiger partial charge in [-0.1, -0.05) is 19.1 Å². The number of esters is 1. The third-order valence-corrected chi connectivity index (χ3v) is 5.63. The number of benzene rings is 2. The zero-order valence-corrected chi connectivity index (χ0v) is 19.6. The normalized spacial score (nSPS) is 12.8. The highest BCUT2D eigenvalue weighted by Crippen LogP contribution is 2.35. The van der Waals surface area contributed by atoms with Crippen LogP contribution in [-0.4, -0.2) is 35.1 Å². The highest BCUT2D eigenvalue weighted by Gasteiger charge is 2.32. The molecule has 0 radical (unpaired) electrons. The smallest absolute Gasteiger partial charge is 0.309 e. The molecular formula is C26H23F4NO5. The molecule has 3 rings (SSSR count). The first-order valence-corrected chi connectivity index (χ1v) is 10.9. The van der Waals surface area contributed by atoms with Gasteiger partial charge in [0.05, 0.1) is 18.9 Å². The van der Waals surface area contributed by atoms with Crippen molar-refractivity contribution in [3.8, 4) is 11.5 Å². The molecule has 0 unspecified atom stereocenters. The number of halogens is 4. The van der Waals surface area contributed by atoms with Gasteiger partial charge in [-0.3, -0.25) is 9.59 Å². The van der Waals surface area contributed by atoms with Gasteiger partial charge in [0.25, 0.3) is 0 Å². The number of pyridine rings is 1. The van der Waals surface area contributed by atoms with Gasteiger partial charge in [0.1, 0.15) is 29.4 Å². The lowest BCUT2D eigenvalue weighted by molar-refractivity contribution is -0.153. The highest BCUT2D eigenvalue weighted by atomic mass is 19.1. The molecule has 190 valence electrons. The SMILES string of the molecule is COc1ccnc(C(=O)C[C@@H](C)C(=O)O[C@@H](C)C(c2ccc(F)cc2F)c2ccc(F)cc2F)c1O. The summed E-state index contributed by atoms with van der Waals surface area (Å²) in [6.45, 7) is 2.77. The molecule has 0 aliphatic heterocycles. The lowest BCUT2D eigenvalue weighted by Crippen LogP contribution is -2.29. The van der Waals surface area contributed by atoms with E-state index >= 15 is 0 Å². The van der Waals surface area contributed by atoms with Crippen molar-refractivity contribution in [2.75, 3.05) is 7.11 Å². The fraction of sp³-hybridized carbons (Fsp3) is 0.269. The van der Waals surface area contributed by atoms with Gasteiger partial charge in [0.15, 0.2) is 23.0 Å². The second-order valence-electron chi connectivity index (χ2n) is 8.19. The van der Waals surface area contributed by atoms with E-state index in [1.54, 1.807) is 0 Å². The molecule has 0 saturated carbocycles. The summed E-state index contributed by atoms with van der Waals surface area (Å²) in [5.74, 6) is -7.97. The van der Waals surface area contributed by atoms with Crippen LogP contribution in [0.2, 0.25) is 0 Å². The molecular weight excluding hydrogens is 482 g/mol. The van der Waals surface area contributed by atoms with E-state index < -0.39 is 58.7 Å². The van der Waals surface area contributed by atoms with Gasteiger partial charge < -0.3 is 14.6 Å². The molecule has 3 aromatic rings. The van der Waals surface area contributed by atoms with Gasteiger partial charge in [-0.2, -0.15) is 0 Å². The van der Waals surface area contributed by atoms with Gasteiger partial charge in [-0.05, 0) is 30.2 Å². The monoisotopic (exact) mass is 505 g/mol. The molecule has 2 aromatic carbocycles. The number of rotatable bonds is 9. The third-order valence-electron chi connectivity index (χ3n) is 5.63. The first kappa shape index (κ1) is 26.7. The summed E-state index contributed by atoms with van der Waals surface area (Å²) in [5.41, 5.74) is -0.630. The van der Waals surface area contributed by atoms with Crippen LogP contribution in [-0.2, 0) is 9.53 Å². The molecule has 0 aliphatic carbocycles. The second-order valence-corrected chi connectivity index (χ2v) is 8.19. The van der Waals surface area contributed by atoms with Gasteiger partial charge in [0.2, 0.25) is 0 Å². The molecule has 6 nitrogen and oxygen atoms in total.